The first-order chi connectivity index (χ1) is 12.6. The summed E-state index contributed by atoms with van der Waals surface area (Å²) in [5, 5.41) is 7.90. The summed E-state index contributed by atoms with van der Waals surface area (Å²) in [6.07, 6.45) is 6.39. The van der Waals surface area contributed by atoms with Gasteiger partial charge in [-0.1, -0.05) is 23.9 Å². The molecule has 0 fully saturated rings. The van der Waals surface area contributed by atoms with E-state index in [-0.39, 0.29) is 5.91 Å². The predicted molar refractivity (Wildman–Crippen MR) is 101 cm³/mol. The summed E-state index contributed by atoms with van der Waals surface area (Å²) in [6.45, 7) is 5.59. The van der Waals surface area contributed by atoms with Crippen LogP contribution < -0.4 is 0 Å². The van der Waals surface area contributed by atoms with Crippen LogP contribution in [0.4, 0.5) is 0 Å². The molecule has 3 heterocycles. The first-order valence-corrected chi connectivity index (χ1v) is 9.63. The zero-order chi connectivity index (χ0) is 18.1. The van der Waals surface area contributed by atoms with Gasteiger partial charge in [0, 0.05) is 43.2 Å². The van der Waals surface area contributed by atoms with Crippen molar-refractivity contribution >= 4 is 17.7 Å². The highest BCUT2D eigenvalue weighted by molar-refractivity contribution is 7.99. The largest absolute Gasteiger partial charge is 0.337 e. The molecule has 3 aromatic rings. The third-order valence-corrected chi connectivity index (χ3v) is 5.87. The molecule has 0 radical (unpaired) electrons. The van der Waals surface area contributed by atoms with E-state index in [1.807, 2.05) is 23.4 Å². The Morgan fingerprint density at radius 2 is 2.23 bits per heavy atom. The van der Waals surface area contributed by atoms with Crippen LogP contribution >= 0.6 is 11.8 Å². The van der Waals surface area contributed by atoms with Crippen molar-refractivity contribution in [2.24, 2.45) is 0 Å². The van der Waals surface area contributed by atoms with Gasteiger partial charge in [-0.3, -0.25) is 14.5 Å². The predicted octanol–water partition coefficient (Wildman–Crippen LogP) is 2.89. The van der Waals surface area contributed by atoms with Crippen LogP contribution in [-0.2, 0) is 17.8 Å². The van der Waals surface area contributed by atoms with Crippen molar-refractivity contribution in [1.82, 2.24) is 24.6 Å². The zero-order valence-electron chi connectivity index (χ0n) is 14.9. The SMILES string of the molecule is Cc1cccc(-n2ccnc2SCC(=O)N2CCc3[nH]ncc3C2)c1C. The first-order valence-electron chi connectivity index (χ1n) is 8.65. The second-order valence-corrected chi connectivity index (χ2v) is 7.47. The van der Waals surface area contributed by atoms with Gasteiger partial charge >= 0.3 is 0 Å². The number of nitrogens with one attached hydrogen (secondary N) is 1. The smallest absolute Gasteiger partial charge is 0.233 e. The Bertz CT molecular complexity index is 945. The second-order valence-electron chi connectivity index (χ2n) is 6.53. The number of thioether (sulfide) groups is 1. The number of aromatic amines is 1. The molecular formula is C19H21N5OS. The van der Waals surface area contributed by atoms with E-state index in [0.717, 1.165) is 35.1 Å². The average molecular weight is 367 g/mol. The van der Waals surface area contributed by atoms with Crippen LogP contribution in [-0.4, -0.2) is 42.9 Å². The van der Waals surface area contributed by atoms with Gasteiger partial charge < -0.3 is 4.90 Å². The molecule has 0 saturated carbocycles. The van der Waals surface area contributed by atoms with Gasteiger partial charge in [-0.2, -0.15) is 5.10 Å². The minimum atomic E-state index is 0.136. The Kier molecular flexibility index (Phi) is 4.55. The lowest BCUT2D eigenvalue weighted by atomic mass is 10.1. The topological polar surface area (TPSA) is 66.8 Å². The highest BCUT2D eigenvalue weighted by Gasteiger charge is 2.22. The number of aryl methyl sites for hydroxylation is 1. The number of hydrogen-bond acceptors (Lipinski definition) is 4. The van der Waals surface area contributed by atoms with E-state index in [9.17, 15) is 4.79 Å². The number of aromatic nitrogens is 4. The number of amides is 1. The fourth-order valence-electron chi connectivity index (χ4n) is 3.23. The maximum absolute atomic E-state index is 12.6. The fourth-order valence-corrected chi connectivity index (χ4v) is 4.10. The third-order valence-electron chi connectivity index (χ3n) is 4.92. The molecule has 1 amide bonds. The lowest BCUT2D eigenvalue weighted by Crippen LogP contribution is -2.36. The van der Waals surface area contributed by atoms with Crippen molar-refractivity contribution in [1.29, 1.82) is 0 Å². The van der Waals surface area contributed by atoms with Crippen LogP contribution in [0.1, 0.15) is 22.4 Å². The third kappa shape index (κ3) is 3.14. The Hall–Kier alpha value is -2.54. The normalized spacial score (nSPS) is 13.7. The summed E-state index contributed by atoms with van der Waals surface area (Å²) in [4.78, 5) is 19.0. The summed E-state index contributed by atoms with van der Waals surface area (Å²) < 4.78 is 2.06. The minimum absolute atomic E-state index is 0.136. The minimum Gasteiger partial charge on any atom is -0.337 e. The Morgan fingerprint density at radius 1 is 1.35 bits per heavy atom. The number of fused-ring (bicyclic) bond motifs is 1. The number of hydrogen-bond donors (Lipinski definition) is 1. The molecule has 0 bridgehead atoms. The molecule has 2 aromatic heterocycles. The van der Waals surface area contributed by atoms with E-state index >= 15 is 0 Å². The number of nitrogens with zero attached hydrogens (tertiary/aromatic N) is 4. The molecule has 134 valence electrons. The van der Waals surface area contributed by atoms with Crippen LogP contribution in [0.15, 0.2) is 41.9 Å². The average Bonchev–Trinajstić information content (AvgIpc) is 3.30. The van der Waals surface area contributed by atoms with Crippen LogP contribution in [0, 0.1) is 13.8 Å². The van der Waals surface area contributed by atoms with E-state index in [0.29, 0.717) is 12.3 Å². The number of H-pyrrole nitrogens is 1. The molecule has 0 saturated heterocycles. The molecule has 1 aliphatic heterocycles. The molecule has 26 heavy (non-hydrogen) atoms. The first kappa shape index (κ1) is 16.9. The molecule has 7 heteroatoms. The monoisotopic (exact) mass is 367 g/mol. The molecule has 1 N–H and O–H groups in total. The Balaban J connectivity index is 1.45. The van der Waals surface area contributed by atoms with Crippen LogP contribution in [0.2, 0.25) is 0 Å². The molecule has 0 aliphatic carbocycles. The van der Waals surface area contributed by atoms with Gasteiger partial charge in [0.2, 0.25) is 5.91 Å². The Labute approximate surface area is 156 Å². The van der Waals surface area contributed by atoms with Crippen molar-refractivity contribution in [3.05, 3.63) is 59.2 Å². The van der Waals surface area contributed by atoms with Crippen molar-refractivity contribution in [2.75, 3.05) is 12.3 Å². The zero-order valence-corrected chi connectivity index (χ0v) is 15.7. The molecule has 1 aliphatic rings. The summed E-state index contributed by atoms with van der Waals surface area (Å²) >= 11 is 1.49. The van der Waals surface area contributed by atoms with E-state index in [1.165, 1.54) is 22.9 Å². The maximum atomic E-state index is 12.6. The highest BCUT2D eigenvalue weighted by atomic mass is 32.2. The van der Waals surface area contributed by atoms with Crippen LogP contribution in [0.3, 0.4) is 0 Å². The maximum Gasteiger partial charge on any atom is 0.233 e. The molecule has 1 aromatic carbocycles. The number of benzene rings is 1. The number of imidazole rings is 1. The van der Waals surface area contributed by atoms with Gasteiger partial charge in [0.25, 0.3) is 0 Å². The molecule has 4 rings (SSSR count). The molecular weight excluding hydrogens is 346 g/mol. The Morgan fingerprint density at radius 3 is 3.12 bits per heavy atom. The number of carbonyl (C=O) groups excluding carboxylic acids is 1. The van der Waals surface area contributed by atoms with Gasteiger partial charge in [0.15, 0.2) is 5.16 Å². The van der Waals surface area contributed by atoms with Crippen molar-refractivity contribution in [3.63, 3.8) is 0 Å². The highest BCUT2D eigenvalue weighted by Crippen LogP contribution is 2.25. The standard InChI is InChI=1S/C19H21N5OS/c1-13-4-3-5-17(14(13)2)24-9-7-20-19(24)26-12-18(25)23-8-6-16-15(11-23)10-21-22-16/h3-5,7,9-10H,6,8,11-12H2,1-2H3,(H,21,22). The van der Waals surface area contributed by atoms with Gasteiger partial charge in [0.1, 0.15) is 0 Å². The quantitative estimate of drug-likeness (QED) is 0.720. The second kappa shape index (κ2) is 6.99. The summed E-state index contributed by atoms with van der Waals surface area (Å²) in [5.41, 5.74) is 5.84. The van der Waals surface area contributed by atoms with E-state index in [4.69, 9.17) is 0 Å². The lowest BCUT2D eigenvalue weighted by molar-refractivity contribution is -0.129. The fraction of sp³-hybridized carbons (Fsp3) is 0.316. The summed E-state index contributed by atoms with van der Waals surface area (Å²) in [7, 11) is 0. The van der Waals surface area contributed by atoms with Crippen molar-refractivity contribution < 1.29 is 4.79 Å². The van der Waals surface area contributed by atoms with Crippen LogP contribution in [0.25, 0.3) is 5.69 Å². The van der Waals surface area contributed by atoms with E-state index in [2.05, 4.69) is 45.7 Å². The number of carbonyl (C=O) groups is 1. The molecule has 0 spiro atoms. The van der Waals surface area contributed by atoms with Gasteiger partial charge in [-0.25, -0.2) is 4.98 Å². The van der Waals surface area contributed by atoms with Gasteiger partial charge in [-0.15, -0.1) is 0 Å². The molecule has 0 unspecified atom stereocenters. The van der Waals surface area contributed by atoms with E-state index in [1.54, 1.807) is 6.20 Å². The van der Waals surface area contributed by atoms with Crippen LogP contribution in [0.5, 0.6) is 0 Å². The van der Waals surface area contributed by atoms with Crippen molar-refractivity contribution in [3.8, 4) is 5.69 Å². The summed E-state index contributed by atoms with van der Waals surface area (Å²) in [5.74, 6) is 0.520. The molecule has 6 nitrogen and oxygen atoms in total. The van der Waals surface area contributed by atoms with Gasteiger partial charge in [0.05, 0.1) is 17.6 Å². The summed E-state index contributed by atoms with van der Waals surface area (Å²) in [6, 6.07) is 6.24. The van der Waals surface area contributed by atoms with E-state index < -0.39 is 0 Å². The molecule has 0 atom stereocenters. The number of rotatable bonds is 4. The van der Waals surface area contributed by atoms with Crippen molar-refractivity contribution in [2.45, 2.75) is 32.0 Å². The lowest BCUT2D eigenvalue weighted by Gasteiger charge is -2.26. The van der Waals surface area contributed by atoms with Gasteiger partial charge in [-0.05, 0) is 31.0 Å².